The van der Waals surface area contributed by atoms with Gasteiger partial charge in [0.1, 0.15) is 24.1 Å². The molecule has 0 saturated carbocycles. The molecule has 0 spiro atoms. The van der Waals surface area contributed by atoms with Gasteiger partial charge in [0.15, 0.2) is 5.78 Å². The van der Waals surface area contributed by atoms with E-state index in [-0.39, 0.29) is 29.8 Å². The van der Waals surface area contributed by atoms with Crippen molar-refractivity contribution in [3.05, 3.63) is 72.4 Å². The predicted molar refractivity (Wildman–Crippen MR) is 139 cm³/mol. The maximum atomic E-state index is 13.2. The number of Topliss-reactive ketones (excluding diaryl/α,β-unsaturated/α-hetero) is 1. The zero-order valence-corrected chi connectivity index (χ0v) is 20.8. The third kappa shape index (κ3) is 4.07. The maximum absolute atomic E-state index is 13.2. The summed E-state index contributed by atoms with van der Waals surface area (Å²) in [6, 6.07) is 12.2. The number of ketones is 1. The van der Waals surface area contributed by atoms with Crippen LogP contribution in [0.25, 0.3) is 27.9 Å². The predicted octanol–water partition coefficient (Wildman–Crippen LogP) is 2.89. The normalized spacial score (nSPS) is 15.0. The van der Waals surface area contributed by atoms with Gasteiger partial charge in [0.2, 0.25) is 17.6 Å². The van der Waals surface area contributed by atoms with Crippen molar-refractivity contribution in [3.63, 3.8) is 0 Å². The van der Waals surface area contributed by atoms with E-state index in [0.717, 1.165) is 17.0 Å². The van der Waals surface area contributed by atoms with E-state index in [9.17, 15) is 14.4 Å². The zero-order chi connectivity index (χ0) is 26.4. The number of hydrogen-bond donors (Lipinski definition) is 1. The summed E-state index contributed by atoms with van der Waals surface area (Å²) in [5.41, 5.74) is 3.40. The summed E-state index contributed by atoms with van der Waals surface area (Å²) in [4.78, 5) is 52.9. The molecule has 38 heavy (non-hydrogen) atoms. The van der Waals surface area contributed by atoms with Crippen molar-refractivity contribution in [1.29, 1.82) is 0 Å². The molecule has 1 aliphatic rings. The second-order valence-corrected chi connectivity index (χ2v) is 9.27. The molecule has 190 valence electrons. The summed E-state index contributed by atoms with van der Waals surface area (Å²) in [6.07, 6.45) is 5.85. The Bertz CT molecular complexity index is 1740. The third-order valence-corrected chi connectivity index (χ3v) is 6.74. The van der Waals surface area contributed by atoms with Crippen molar-refractivity contribution in [3.8, 4) is 11.3 Å². The molecule has 1 aromatic carbocycles. The van der Waals surface area contributed by atoms with Gasteiger partial charge in [-0.1, -0.05) is 12.1 Å². The van der Waals surface area contributed by atoms with Gasteiger partial charge in [0, 0.05) is 42.5 Å². The van der Waals surface area contributed by atoms with Gasteiger partial charge in [0.25, 0.3) is 0 Å². The monoisotopic (exact) mass is 508 g/mol. The quantitative estimate of drug-likeness (QED) is 0.349. The molecule has 1 aliphatic heterocycles. The van der Waals surface area contributed by atoms with Crippen LogP contribution in [0, 0.1) is 6.92 Å². The number of benzene rings is 1. The van der Waals surface area contributed by atoms with Crippen LogP contribution in [0.5, 0.6) is 0 Å². The molecule has 0 bridgehead atoms. The molecule has 11 heteroatoms. The first-order valence-electron chi connectivity index (χ1n) is 12.2. The van der Waals surface area contributed by atoms with E-state index in [2.05, 4.69) is 25.4 Å². The summed E-state index contributed by atoms with van der Waals surface area (Å²) in [6.45, 7) is 3.68. The van der Waals surface area contributed by atoms with E-state index in [1.54, 1.807) is 18.5 Å². The lowest BCUT2D eigenvalue weighted by Crippen LogP contribution is -2.57. The number of imidazole rings is 1. The fraction of sp³-hybridized carbons (Fsp3) is 0.222. The first-order valence-corrected chi connectivity index (χ1v) is 12.2. The van der Waals surface area contributed by atoms with Crippen molar-refractivity contribution in [2.45, 2.75) is 32.9 Å². The molecule has 1 unspecified atom stereocenters. The Morgan fingerprint density at radius 3 is 2.74 bits per heavy atom. The van der Waals surface area contributed by atoms with E-state index < -0.39 is 6.04 Å². The van der Waals surface area contributed by atoms with Crippen LogP contribution in [0.2, 0.25) is 0 Å². The molecule has 1 fully saturated rings. The SMILES string of the molecule is CC(=O)c1nn(CC(=O)N2CCC2C(=O)Nc2cccc(C)n2)c2ccc(-c3cnc4ncccn34)cc12. The second kappa shape index (κ2) is 9.18. The number of nitrogens with zero attached hydrogens (tertiary/aromatic N) is 7. The first-order chi connectivity index (χ1) is 18.4. The smallest absolute Gasteiger partial charge is 0.248 e. The summed E-state index contributed by atoms with van der Waals surface area (Å²) >= 11 is 0. The van der Waals surface area contributed by atoms with Gasteiger partial charge in [-0.15, -0.1) is 0 Å². The highest BCUT2D eigenvalue weighted by molar-refractivity contribution is 6.06. The largest absolute Gasteiger partial charge is 0.329 e. The Hall–Kier alpha value is -4.93. The van der Waals surface area contributed by atoms with Crippen LogP contribution in [0.3, 0.4) is 0 Å². The van der Waals surface area contributed by atoms with E-state index in [0.29, 0.717) is 35.5 Å². The molecule has 5 heterocycles. The molecule has 1 N–H and O–H groups in total. The van der Waals surface area contributed by atoms with E-state index >= 15 is 0 Å². The summed E-state index contributed by atoms with van der Waals surface area (Å²) < 4.78 is 3.40. The van der Waals surface area contributed by atoms with Crippen LogP contribution >= 0.6 is 0 Å². The van der Waals surface area contributed by atoms with Crippen LogP contribution in [0.15, 0.2) is 61.1 Å². The summed E-state index contributed by atoms with van der Waals surface area (Å²) in [7, 11) is 0. The fourth-order valence-electron chi connectivity index (χ4n) is 4.76. The number of pyridine rings is 1. The van der Waals surface area contributed by atoms with Gasteiger partial charge in [-0.25, -0.2) is 15.0 Å². The zero-order valence-electron chi connectivity index (χ0n) is 20.8. The highest BCUT2D eigenvalue weighted by Crippen LogP contribution is 2.28. The average Bonchev–Trinajstić information content (AvgIpc) is 3.45. The van der Waals surface area contributed by atoms with Crippen LogP contribution < -0.4 is 5.32 Å². The number of hydrogen-bond acceptors (Lipinski definition) is 7. The molecule has 0 aliphatic carbocycles. The van der Waals surface area contributed by atoms with Gasteiger partial charge in [0.05, 0.1) is 17.4 Å². The Morgan fingerprint density at radius 2 is 1.97 bits per heavy atom. The minimum Gasteiger partial charge on any atom is -0.329 e. The van der Waals surface area contributed by atoms with Crippen molar-refractivity contribution >= 4 is 40.1 Å². The summed E-state index contributed by atoms with van der Waals surface area (Å²) in [5, 5.41) is 7.91. The molecule has 2 amide bonds. The van der Waals surface area contributed by atoms with Gasteiger partial charge >= 0.3 is 0 Å². The molecule has 1 saturated heterocycles. The molecule has 1 atom stereocenters. The minimum atomic E-state index is -0.575. The highest BCUT2D eigenvalue weighted by atomic mass is 16.2. The summed E-state index contributed by atoms with van der Waals surface area (Å²) in [5.74, 6) is 0.303. The molecular weight excluding hydrogens is 484 g/mol. The Kier molecular flexibility index (Phi) is 5.67. The minimum absolute atomic E-state index is 0.0882. The van der Waals surface area contributed by atoms with E-state index in [1.165, 1.54) is 16.5 Å². The number of aromatic nitrogens is 6. The Balaban J connectivity index is 1.26. The molecule has 6 rings (SSSR count). The number of nitrogens with one attached hydrogen (secondary N) is 1. The third-order valence-electron chi connectivity index (χ3n) is 6.74. The van der Waals surface area contributed by atoms with E-state index in [1.807, 2.05) is 53.9 Å². The molecule has 5 aromatic rings. The van der Waals surface area contributed by atoms with Crippen LogP contribution in [-0.4, -0.2) is 64.2 Å². The van der Waals surface area contributed by atoms with Crippen LogP contribution in [0.4, 0.5) is 5.82 Å². The van der Waals surface area contributed by atoms with Crippen LogP contribution in [-0.2, 0) is 16.1 Å². The lowest BCUT2D eigenvalue weighted by Gasteiger charge is -2.39. The highest BCUT2D eigenvalue weighted by Gasteiger charge is 2.38. The number of rotatable bonds is 6. The van der Waals surface area contributed by atoms with Gasteiger partial charge in [-0.2, -0.15) is 5.10 Å². The van der Waals surface area contributed by atoms with Gasteiger partial charge in [-0.05, 0) is 43.7 Å². The number of carbonyl (C=O) groups excluding carboxylic acids is 3. The van der Waals surface area contributed by atoms with Gasteiger partial charge < -0.3 is 10.2 Å². The van der Waals surface area contributed by atoms with Crippen molar-refractivity contribution in [2.24, 2.45) is 0 Å². The fourth-order valence-corrected chi connectivity index (χ4v) is 4.76. The average molecular weight is 509 g/mol. The lowest BCUT2D eigenvalue weighted by molar-refractivity contribution is -0.145. The Labute approximate surface area is 217 Å². The number of amides is 2. The molecular formula is C27H24N8O3. The van der Waals surface area contributed by atoms with Crippen molar-refractivity contribution in [1.82, 2.24) is 34.0 Å². The number of fused-ring (bicyclic) bond motifs is 2. The first kappa shape index (κ1) is 23.5. The maximum Gasteiger partial charge on any atom is 0.248 e. The standard InChI is InChI=1S/C27H24N8O3/c1-16-5-3-6-23(30-16)31-26(38)21-9-12-33(21)24(37)15-35-20-8-7-18(13-19(20)25(32-35)17(2)36)22-14-29-27-28-10-4-11-34(22)27/h3-8,10-11,13-14,21H,9,12,15H2,1-2H3,(H,30,31,38). The van der Waals surface area contributed by atoms with Crippen LogP contribution in [0.1, 0.15) is 29.5 Å². The topological polar surface area (TPSA) is 127 Å². The number of likely N-dealkylation sites (tertiary alicyclic amines) is 1. The number of carbonyl (C=O) groups is 3. The lowest BCUT2D eigenvalue weighted by atomic mass is 10.0. The van der Waals surface area contributed by atoms with Crippen molar-refractivity contribution in [2.75, 3.05) is 11.9 Å². The van der Waals surface area contributed by atoms with Gasteiger partial charge in [-0.3, -0.25) is 23.5 Å². The Morgan fingerprint density at radius 1 is 1.11 bits per heavy atom. The molecule has 11 nitrogen and oxygen atoms in total. The van der Waals surface area contributed by atoms with Crippen molar-refractivity contribution < 1.29 is 14.4 Å². The molecule has 4 aromatic heterocycles. The number of anilines is 1. The molecule has 0 radical (unpaired) electrons. The van der Waals surface area contributed by atoms with E-state index in [4.69, 9.17) is 0 Å². The number of aryl methyl sites for hydroxylation is 1. The second-order valence-electron chi connectivity index (χ2n) is 9.27.